The minimum atomic E-state index is -0.0456. The third-order valence-corrected chi connectivity index (χ3v) is 6.84. The van der Waals surface area contributed by atoms with Gasteiger partial charge >= 0.3 is 0 Å². The number of methoxy groups -OCH3 is 1. The lowest BCUT2D eigenvalue weighted by Gasteiger charge is -2.31. The Balaban J connectivity index is 1.49. The van der Waals surface area contributed by atoms with Crippen molar-refractivity contribution in [2.75, 3.05) is 26.0 Å². The summed E-state index contributed by atoms with van der Waals surface area (Å²) in [6, 6.07) is 15.9. The molecule has 0 saturated carbocycles. The molecule has 2 heterocycles. The molecule has 1 aliphatic rings. The third-order valence-electron chi connectivity index (χ3n) is 5.91. The van der Waals surface area contributed by atoms with Gasteiger partial charge in [0.2, 0.25) is 11.8 Å². The minimum Gasteiger partial charge on any atom is -0.497 e. The Kier molecular flexibility index (Phi) is 7.52. The van der Waals surface area contributed by atoms with Gasteiger partial charge in [-0.2, -0.15) is 0 Å². The van der Waals surface area contributed by atoms with Gasteiger partial charge in [-0.1, -0.05) is 29.5 Å². The zero-order chi connectivity index (χ0) is 24.1. The topological polar surface area (TPSA) is 89.3 Å². The molecule has 0 unspecified atom stereocenters. The summed E-state index contributed by atoms with van der Waals surface area (Å²) in [6.45, 7) is 4.99. The van der Waals surface area contributed by atoms with Crippen molar-refractivity contribution < 1.29 is 14.3 Å². The molecule has 0 bridgehead atoms. The van der Waals surface area contributed by atoms with Crippen LogP contribution in [0.1, 0.15) is 25.3 Å². The van der Waals surface area contributed by atoms with Gasteiger partial charge in [0.1, 0.15) is 5.75 Å². The van der Waals surface area contributed by atoms with E-state index in [1.54, 1.807) is 14.0 Å². The van der Waals surface area contributed by atoms with E-state index in [1.807, 2.05) is 64.9 Å². The molecule has 2 amide bonds. The van der Waals surface area contributed by atoms with E-state index in [9.17, 15) is 9.59 Å². The molecule has 0 spiro atoms. The average molecular weight is 480 g/mol. The van der Waals surface area contributed by atoms with E-state index in [-0.39, 0.29) is 23.6 Å². The van der Waals surface area contributed by atoms with E-state index < -0.39 is 0 Å². The number of carbonyl (C=O) groups is 2. The predicted octanol–water partition coefficient (Wildman–Crippen LogP) is 3.47. The van der Waals surface area contributed by atoms with E-state index in [1.165, 1.54) is 11.8 Å². The van der Waals surface area contributed by atoms with Crippen molar-refractivity contribution >= 4 is 23.6 Å². The lowest BCUT2D eigenvalue weighted by molar-refractivity contribution is -0.130. The van der Waals surface area contributed by atoms with E-state index in [4.69, 9.17) is 4.74 Å². The number of carbonyl (C=O) groups excluding carboxylic acids is 2. The Morgan fingerprint density at radius 2 is 1.74 bits per heavy atom. The lowest BCUT2D eigenvalue weighted by atomic mass is 10.1. The smallest absolute Gasteiger partial charge is 0.230 e. The van der Waals surface area contributed by atoms with Crippen LogP contribution in [-0.4, -0.2) is 63.5 Å². The number of amides is 2. The number of aryl methyl sites for hydroxylation is 1. The number of aromatic nitrogens is 3. The van der Waals surface area contributed by atoms with Crippen LogP contribution in [0.4, 0.5) is 0 Å². The highest BCUT2D eigenvalue weighted by atomic mass is 32.2. The molecule has 34 heavy (non-hydrogen) atoms. The second-order valence-electron chi connectivity index (χ2n) is 8.34. The third kappa shape index (κ3) is 5.59. The number of nitrogens with zero attached hydrogens (tertiary/aromatic N) is 4. The van der Waals surface area contributed by atoms with Gasteiger partial charge in [-0.3, -0.25) is 14.2 Å². The zero-order valence-corrected chi connectivity index (χ0v) is 20.5. The Hall–Kier alpha value is -3.33. The molecule has 1 aliphatic heterocycles. The predicted molar refractivity (Wildman–Crippen MR) is 132 cm³/mol. The van der Waals surface area contributed by atoms with Gasteiger partial charge in [0.25, 0.3) is 0 Å². The first-order chi connectivity index (χ1) is 16.4. The minimum absolute atomic E-state index is 0.0456. The molecule has 0 atom stereocenters. The van der Waals surface area contributed by atoms with E-state index >= 15 is 0 Å². The van der Waals surface area contributed by atoms with Crippen LogP contribution in [0.25, 0.3) is 17.1 Å². The molecule has 1 fully saturated rings. The first-order valence-electron chi connectivity index (χ1n) is 11.3. The number of rotatable bonds is 7. The molecular formula is C25H29N5O3S. The van der Waals surface area contributed by atoms with Crippen LogP contribution in [0.2, 0.25) is 0 Å². The molecule has 9 heteroatoms. The molecule has 178 valence electrons. The summed E-state index contributed by atoms with van der Waals surface area (Å²) in [5.74, 6) is 1.75. The maximum Gasteiger partial charge on any atom is 0.230 e. The number of hydrogen-bond acceptors (Lipinski definition) is 6. The monoisotopic (exact) mass is 479 g/mol. The summed E-state index contributed by atoms with van der Waals surface area (Å²) in [6.07, 6.45) is 1.55. The number of benzene rings is 2. The number of hydrogen-bond donors (Lipinski definition) is 1. The number of likely N-dealkylation sites (tertiary alicyclic amines) is 1. The van der Waals surface area contributed by atoms with Crippen molar-refractivity contribution in [3.8, 4) is 22.8 Å². The van der Waals surface area contributed by atoms with Crippen molar-refractivity contribution in [1.29, 1.82) is 0 Å². The number of piperidine rings is 1. The zero-order valence-electron chi connectivity index (χ0n) is 19.7. The summed E-state index contributed by atoms with van der Waals surface area (Å²) >= 11 is 1.36. The molecule has 1 N–H and O–H groups in total. The van der Waals surface area contributed by atoms with Crippen LogP contribution in [0, 0.1) is 6.92 Å². The summed E-state index contributed by atoms with van der Waals surface area (Å²) in [5.41, 5.74) is 3.00. The van der Waals surface area contributed by atoms with Crippen molar-refractivity contribution in [2.24, 2.45) is 0 Å². The molecular weight excluding hydrogens is 450 g/mol. The van der Waals surface area contributed by atoms with E-state index in [0.717, 1.165) is 35.4 Å². The van der Waals surface area contributed by atoms with Crippen LogP contribution >= 0.6 is 11.8 Å². The van der Waals surface area contributed by atoms with E-state index in [0.29, 0.717) is 24.1 Å². The maximum absolute atomic E-state index is 12.7. The second kappa shape index (κ2) is 10.7. The fourth-order valence-electron chi connectivity index (χ4n) is 3.96. The highest BCUT2D eigenvalue weighted by molar-refractivity contribution is 7.99. The number of ether oxygens (including phenoxy) is 1. The fourth-order valence-corrected chi connectivity index (χ4v) is 4.72. The highest BCUT2D eigenvalue weighted by Gasteiger charge is 2.23. The van der Waals surface area contributed by atoms with Gasteiger partial charge in [0.15, 0.2) is 11.0 Å². The van der Waals surface area contributed by atoms with Gasteiger partial charge in [-0.05, 0) is 56.2 Å². The van der Waals surface area contributed by atoms with Gasteiger partial charge in [0, 0.05) is 37.3 Å². The molecule has 0 aliphatic carbocycles. The summed E-state index contributed by atoms with van der Waals surface area (Å²) in [4.78, 5) is 26.0. The molecule has 3 aromatic rings. The number of nitrogens with one attached hydrogen (secondary N) is 1. The van der Waals surface area contributed by atoms with Gasteiger partial charge in [-0.25, -0.2) is 0 Å². The fraction of sp³-hybridized carbons (Fsp3) is 0.360. The van der Waals surface area contributed by atoms with Crippen LogP contribution in [0.15, 0.2) is 53.7 Å². The largest absolute Gasteiger partial charge is 0.497 e. The first-order valence-corrected chi connectivity index (χ1v) is 12.3. The van der Waals surface area contributed by atoms with Gasteiger partial charge < -0.3 is 15.0 Å². The van der Waals surface area contributed by atoms with Crippen LogP contribution in [-0.2, 0) is 9.59 Å². The van der Waals surface area contributed by atoms with Crippen LogP contribution in [0.3, 0.4) is 0 Å². The van der Waals surface area contributed by atoms with Gasteiger partial charge in [-0.15, -0.1) is 10.2 Å². The van der Waals surface area contributed by atoms with Crippen molar-refractivity contribution in [3.63, 3.8) is 0 Å². The maximum atomic E-state index is 12.7. The molecule has 2 aromatic carbocycles. The first kappa shape index (κ1) is 23.8. The average Bonchev–Trinajstić information content (AvgIpc) is 3.27. The molecule has 0 radical (unpaired) electrons. The summed E-state index contributed by atoms with van der Waals surface area (Å²) in [7, 11) is 1.64. The molecule has 8 nitrogen and oxygen atoms in total. The standard InChI is InChI=1S/C25H29N5O3S/c1-17-4-8-21(9-5-17)30-24(19-6-10-22(33-3)11-7-19)27-28-25(30)34-16-23(32)26-20-12-14-29(15-13-20)18(2)31/h4-11,20H,12-16H2,1-3H3,(H,26,32). The number of thioether (sulfide) groups is 1. The Morgan fingerprint density at radius 1 is 1.06 bits per heavy atom. The molecule has 1 aromatic heterocycles. The molecule has 4 rings (SSSR count). The highest BCUT2D eigenvalue weighted by Crippen LogP contribution is 2.29. The summed E-state index contributed by atoms with van der Waals surface area (Å²) < 4.78 is 7.25. The second-order valence-corrected chi connectivity index (χ2v) is 9.28. The summed E-state index contributed by atoms with van der Waals surface area (Å²) in [5, 5.41) is 12.6. The van der Waals surface area contributed by atoms with Gasteiger partial charge in [0.05, 0.1) is 12.9 Å². The SMILES string of the molecule is COc1ccc(-c2nnc(SCC(=O)NC3CCN(C(C)=O)CC3)n2-c2ccc(C)cc2)cc1. The van der Waals surface area contributed by atoms with Crippen LogP contribution in [0.5, 0.6) is 5.75 Å². The lowest BCUT2D eigenvalue weighted by Crippen LogP contribution is -2.46. The molecule has 1 saturated heterocycles. The van der Waals surface area contributed by atoms with Crippen LogP contribution < -0.4 is 10.1 Å². The Morgan fingerprint density at radius 3 is 2.35 bits per heavy atom. The Labute approximate surface area is 203 Å². The van der Waals surface area contributed by atoms with E-state index in [2.05, 4.69) is 15.5 Å². The van der Waals surface area contributed by atoms with Crippen molar-refractivity contribution in [1.82, 2.24) is 25.0 Å². The quantitative estimate of drug-likeness (QED) is 0.522. The normalized spacial score (nSPS) is 14.1. The van der Waals surface area contributed by atoms with Crippen molar-refractivity contribution in [3.05, 3.63) is 54.1 Å². The van der Waals surface area contributed by atoms with Crippen molar-refractivity contribution in [2.45, 2.75) is 37.9 Å². The Bertz CT molecular complexity index is 1140.